The number of carbonyl (C=O) groups is 1. The van der Waals surface area contributed by atoms with E-state index >= 15 is 0 Å². The molecule has 0 atom stereocenters. The Labute approximate surface area is 176 Å². The van der Waals surface area contributed by atoms with E-state index in [9.17, 15) is 18.4 Å². The summed E-state index contributed by atoms with van der Waals surface area (Å²) >= 11 is 0. The van der Waals surface area contributed by atoms with E-state index in [2.05, 4.69) is 16.5 Å². The zero-order valence-corrected chi connectivity index (χ0v) is 17.0. The highest BCUT2D eigenvalue weighted by atomic mass is 19.2. The third kappa shape index (κ3) is 4.09. The number of hydrogen-bond acceptors (Lipinski definition) is 3. The van der Waals surface area contributed by atoms with Gasteiger partial charge in [-0.3, -0.25) is 9.59 Å². The summed E-state index contributed by atoms with van der Waals surface area (Å²) in [6.45, 7) is 4.38. The molecule has 0 fully saturated rings. The van der Waals surface area contributed by atoms with E-state index in [1.54, 1.807) is 18.5 Å². The Morgan fingerprint density at radius 3 is 2.58 bits per heavy atom. The molecule has 31 heavy (non-hydrogen) atoms. The first-order valence-electron chi connectivity index (χ1n) is 9.73. The Morgan fingerprint density at radius 2 is 1.84 bits per heavy atom. The van der Waals surface area contributed by atoms with Crippen molar-refractivity contribution >= 4 is 11.4 Å². The van der Waals surface area contributed by atoms with Crippen molar-refractivity contribution in [3.63, 3.8) is 0 Å². The Balaban J connectivity index is 1.51. The van der Waals surface area contributed by atoms with Gasteiger partial charge in [0, 0.05) is 36.6 Å². The Kier molecular flexibility index (Phi) is 5.37. The molecule has 0 saturated carbocycles. The van der Waals surface area contributed by atoms with Crippen LogP contribution in [-0.4, -0.2) is 26.6 Å². The molecule has 8 heteroatoms. The van der Waals surface area contributed by atoms with Gasteiger partial charge >= 0.3 is 0 Å². The highest BCUT2D eigenvalue weighted by molar-refractivity contribution is 5.94. The second kappa shape index (κ2) is 8.14. The van der Waals surface area contributed by atoms with Crippen LogP contribution in [0.3, 0.4) is 0 Å². The van der Waals surface area contributed by atoms with Crippen LogP contribution in [0.25, 0.3) is 16.8 Å². The lowest BCUT2D eigenvalue weighted by atomic mass is 10.0. The van der Waals surface area contributed by atoms with Gasteiger partial charge in [0.15, 0.2) is 11.6 Å². The van der Waals surface area contributed by atoms with Crippen LogP contribution >= 0.6 is 0 Å². The third-order valence-corrected chi connectivity index (χ3v) is 5.08. The van der Waals surface area contributed by atoms with Crippen LogP contribution in [0.5, 0.6) is 0 Å². The van der Waals surface area contributed by atoms with E-state index in [1.165, 1.54) is 15.1 Å². The van der Waals surface area contributed by atoms with Crippen LogP contribution in [0.2, 0.25) is 0 Å². The summed E-state index contributed by atoms with van der Waals surface area (Å²) in [5.74, 6) is -2.65. The first kappa shape index (κ1) is 20.5. The molecule has 0 radical (unpaired) electrons. The predicted molar refractivity (Wildman–Crippen MR) is 113 cm³/mol. The summed E-state index contributed by atoms with van der Waals surface area (Å²) in [5, 5.41) is 7.11. The van der Waals surface area contributed by atoms with Gasteiger partial charge in [0.1, 0.15) is 5.52 Å². The van der Waals surface area contributed by atoms with Crippen molar-refractivity contribution in [3.8, 4) is 11.3 Å². The van der Waals surface area contributed by atoms with E-state index in [0.29, 0.717) is 11.2 Å². The first-order chi connectivity index (χ1) is 14.8. The van der Waals surface area contributed by atoms with Gasteiger partial charge in [-0.05, 0) is 43.7 Å². The van der Waals surface area contributed by atoms with Crippen LogP contribution < -0.4 is 10.9 Å². The molecule has 0 aliphatic heterocycles. The molecule has 0 aliphatic carbocycles. The average Bonchev–Trinajstić information content (AvgIpc) is 3.16. The molecule has 2 aromatic carbocycles. The van der Waals surface area contributed by atoms with E-state index in [4.69, 9.17) is 0 Å². The number of hydrogen-bond donors (Lipinski definition) is 1. The molecule has 0 saturated heterocycles. The molecule has 6 nitrogen and oxygen atoms in total. The summed E-state index contributed by atoms with van der Waals surface area (Å²) < 4.78 is 29.3. The number of aromatic nitrogens is 3. The molecule has 2 aromatic heterocycles. The van der Waals surface area contributed by atoms with Crippen molar-refractivity contribution in [2.24, 2.45) is 0 Å². The number of fused-ring (bicyclic) bond motifs is 1. The lowest BCUT2D eigenvalue weighted by Gasteiger charge is -2.08. The van der Waals surface area contributed by atoms with Gasteiger partial charge in [0.25, 0.3) is 11.5 Å². The SMILES string of the molecule is Cc1ccc(-c2cc3c(=O)n(CCNC(=O)c4ccc(F)c(F)c4)ccn3n2)c(C)c1. The molecule has 1 N–H and O–H groups in total. The highest BCUT2D eigenvalue weighted by Gasteiger charge is 2.12. The maximum absolute atomic E-state index is 13.3. The summed E-state index contributed by atoms with van der Waals surface area (Å²) in [6, 6.07) is 10.7. The van der Waals surface area contributed by atoms with Gasteiger partial charge in [-0.25, -0.2) is 13.3 Å². The zero-order valence-electron chi connectivity index (χ0n) is 17.0. The normalized spacial score (nSPS) is 11.1. The van der Waals surface area contributed by atoms with Crippen LogP contribution in [0.1, 0.15) is 21.5 Å². The van der Waals surface area contributed by atoms with Crippen LogP contribution in [-0.2, 0) is 6.54 Å². The van der Waals surface area contributed by atoms with Crippen LogP contribution in [0.4, 0.5) is 8.78 Å². The molecule has 158 valence electrons. The van der Waals surface area contributed by atoms with Crippen molar-refractivity contribution in [1.82, 2.24) is 19.5 Å². The summed E-state index contributed by atoms with van der Waals surface area (Å²) in [7, 11) is 0. The lowest BCUT2D eigenvalue weighted by molar-refractivity contribution is 0.0951. The second-order valence-electron chi connectivity index (χ2n) is 7.36. The van der Waals surface area contributed by atoms with Crippen molar-refractivity contribution in [1.29, 1.82) is 0 Å². The molecule has 0 unspecified atom stereocenters. The van der Waals surface area contributed by atoms with Gasteiger partial charge in [-0.2, -0.15) is 5.10 Å². The van der Waals surface area contributed by atoms with Gasteiger partial charge in [0.05, 0.1) is 5.69 Å². The predicted octanol–water partition coefficient (Wildman–Crippen LogP) is 3.49. The van der Waals surface area contributed by atoms with Crippen molar-refractivity contribution in [2.75, 3.05) is 6.54 Å². The summed E-state index contributed by atoms with van der Waals surface area (Å²) in [5.41, 5.74) is 4.08. The molecular weight excluding hydrogens is 402 g/mol. The zero-order chi connectivity index (χ0) is 22.1. The van der Waals surface area contributed by atoms with E-state index in [-0.39, 0.29) is 24.2 Å². The largest absolute Gasteiger partial charge is 0.350 e. The molecular formula is C23H20F2N4O2. The minimum absolute atomic E-state index is 0.00981. The van der Waals surface area contributed by atoms with E-state index in [0.717, 1.165) is 28.8 Å². The van der Waals surface area contributed by atoms with E-state index < -0.39 is 17.5 Å². The first-order valence-corrected chi connectivity index (χ1v) is 9.73. The van der Waals surface area contributed by atoms with Gasteiger partial charge in [0.2, 0.25) is 0 Å². The standard InChI is InChI=1S/C23H20F2N4O2/c1-14-3-5-17(15(2)11-14)20-13-21-23(31)28(9-10-29(21)27-20)8-7-26-22(30)16-4-6-18(24)19(25)12-16/h3-6,9-13H,7-8H2,1-2H3,(H,26,30). The Bertz CT molecular complexity index is 1360. The molecule has 2 heterocycles. The molecule has 1 amide bonds. The number of halogens is 2. The average molecular weight is 422 g/mol. The number of aryl methyl sites for hydroxylation is 2. The fourth-order valence-corrected chi connectivity index (χ4v) is 3.46. The van der Waals surface area contributed by atoms with Gasteiger partial charge in [-0.15, -0.1) is 0 Å². The molecule has 4 rings (SSSR count). The van der Waals surface area contributed by atoms with Crippen molar-refractivity contribution in [3.05, 3.63) is 93.5 Å². The minimum Gasteiger partial charge on any atom is -0.350 e. The van der Waals surface area contributed by atoms with Crippen molar-refractivity contribution < 1.29 is 13.6 Å². The number of nitrogens with zero attached hydrogens (tertiary/aromatic N) is 3. The highest BCUT2D eigenvalue weighted by Crippen LogP contribution is 2.23. The molecule has 0 aliphatic rings. The summed E-state index contributed by atoms with van der Waals surface area (Å²) in [4.78, 5) is 24.9. The topological polar surface area (TPSA) is 68.4 Å². The number of amides is 1. The number of benzene rings is 2. The number of nitrogens with one attached hydrogen (secondary N) is 1. The lowest BCUT2D eigenvalue weighted by Crippen LogP contribution is -2.31. The van der Waals surface area contributed by atoms with Gasteiger partial charge < -0.3 is 9.88 Å². The van der Waals surface area contributed by atoms with E-state index in [1.807, 2.05) is 26.0 Å². The maximum atomic E-state index is 13.3. The maximum Gasteiger partial charge on any atom is 0.276 e. The third-order valence-electron chi connectivity index (χ3n) is 5.08. The fourth-order valence-electron chi connectivity index (χ4n) is 3.46. The molecule has 4 aromatic rings. The minimum atomic E-state index is -1.09. The molecule has 0 spiro atoms. The van der Waals surface area contributed by atoms with Crippen LogP contribution in [0, 0.1) is 25.5 Å². The molecule has 0 bridgehead atoms. The Morgan fingerprint density at radius 1 is 1.03 bits per heavy atom. The van der Waals surface area contributed by atoms with Gasteiger partial charge in [-0.1, -0.05) is 23.8 Å². The number of carbonyl (C=O) groups excluding carboxylic acids is 1. The second-order valence-corrected chi connectivity index (χ2v) is 7.36. The quantitative estimate of drug-likeness (QED) is 0.535. The Hall–Kier alpha value is -3.81. The smallest absolute Gasteiger partial charge is 0.276 e. The van der Waals surface area contributed by atoms with Crippen molar-refractivity contribution in [2.45, 2.75) is 20.4 Å². The number of rotatable bonds is 5. The fraction of sp³-hybridized carbons (Fsp3) is 0.174. The van der Waals surface area contributed by atoms with Crippen LogP contribution in [0.15, 0.2) is 59.7 Å². The monoisotopic (exact) mass is 422 g/mol. The summed E-state index contributed by atoms with van der Waals surface area (Å²) in [6.07, 6.45) is 3.28.